The van der Waals surface area contributed by atoms with Crippen molar-refractivity contribution in [3.63, 3.8) is 0 Å². The van der Waals surface area contributed by atoms with Gasteiger partial charge in [-0.1, -0.05) is 13.8 Å². The van der Waals surface area contributed by atoms with Gasteiger partial charge in [-0.25, -0.2) is 0 Å². The molecule has 0 spiro atoms. The van der Waals surface area contributed by atoms with Crippen LogP contribution in [0.3, 0.4) is 0 Å². The van der Waals surface area contributed by atoms with Gasteiger partial charge in [-0.3, -0.25) is 9.59 Å². The highest BCUT2D eigenvalue weighted by atomic mass is 16.7. The lowest BCUT2D eigenvalue weighted by Gasteiger charge is -2.07. The van der Waals surface area contributed by atoms with Crippen molar-refractivity contribution in [3.8, 4) is 0 Å². The Bertz CT molecular complexity index is 292. The molecule has 0 aromatic rings. The molecule has 0 saturated heterocycles. The van der Waals surface area contributed by atoms with Crippen LogP contribution in [0.5, 0.6) is 0 Å². The van der Waals surface area contributed by atoms with Gasteiger partial charge in [0.25, 0.3) is 0 Å². The third-order valence-corrected chi connectivity index (χ3v) is 2.81. The van der Waals surface area contributed by atoms with Crippen LogP contribution in [-0.2, 0) is 38.0 Å². The lowest BCUT2D eigenvalue weighted by molar-refractivity contribution is -0.159. The van der Waals surface area contributed by atoms with E-state index in [1.165, 1.54) is 0 Å². The van der Waals surface area contributed by atoms with Gasteiger partial charge in [0.1, 0.15) is 0 Å². The summed E-state index contributed by atoms with van der Waals surface area (Å²) in [5.74, 6) is -0.821. The number of esters is 2. The van der Waals surface area contributed by atoms with Crippen molar-refractivity contribution in [2.24, 2.45) is 0 Å². The van der Waals surface area contributed by atoms with Crippen LogP contribution in [-0.4, -0.2) is 65.2 Å². The van der Waals surface area contributed by atoms with E-state index in [2.05, 4.69) is 0 Å². The Morgan fingerprint density at radius 3 is 1.40 bits per heavy atom. The van der Waals surface area contributed by atoms with Gasteiger partial charge in [-0.05, 0) is 19.3 Å². The quantitative estimate of drug-likeness (QED) is 0.207. The van der Waals surface area contributed by atoms with E-state index >= 15 is 0 Å². The van der Waals surface area contributed by atoms with Gasteiger partial charge in [-0.15, -0.1) is 0 Å². The molecule has 0 aromatic heterocycles. The summed E-state index contributed by atoms with van der Waals surface area (Å²) in [6.45, 7) is 6.93. The van der Waals surface area contributed by atoms with Crippen LogP contribution in [0, 0.1) is 0 Å². The average Bonchev–Trinajstić information content (AvgIpc) is 2.60. The Kier molecular flexibility index (Phi) is 18.2. The zero-order valence-electron chi connectivity index (χ0n) is 15.5. The largest absolute Gasteiger partial charge is 0.438 e. The Labute approximate surface area is 150 Å². The van der Waals surface area contributed by atoms with E-state index in [-0.39, 0.29) is 26.4 Å². The highest BCUT2D eigenvalue weighted by molar-refractivity contribution is 5.72. The van der Waals surface area contributed by atoms with E-state index in [0.29, 0.717) is 46.1 Å². The van der Waals surface area contributed by atoms with Gasteiger partial charge in [0.05, 0.1) is 26.4 Å². The van der Waals surface area contributed by atoms with E-state index in [0.717, 1.165) is 12.8 Å². The molecule has 25 heavy (non-hydrogen) atoms. The molecule has 0 radical (unpaired) electrons. The number of carbonyl (C=O) groups is 2. The molecule has 148 valence electrons. The fraction of sp³-hybridized carbons (Fsp3) is 0.882. The minimum absolute atomic E-state index is 0.104. The van der Waals surface area contributed by atoms with Gasteiger partial charge in [0.2, 0.25) is 0 Å². The molecule has 0 saturated carbocycles. The van der Waals surface area contributed by atoms with Gasteiger partial charge in [0, 0.05) is 26.1 Å². The molecule has 0 unspecified atom stereocenters. The Morgan fingerprint density at radius 1 is 0.600 bits per heavy atom. The summed E-state index contributed by atoms with van der Waals surface area (Å²) in [7, 11) is 0. The first kappa shape index (κ1) is 23.8. The Hall–Kier alpha value is -1.22. The average molecular weight is 364 g/mol. The molecule has 0 fully saturated rings. The molecular weight excluding hydrogens is 332 g/mol. The van der Waals surface area contributed by atoms with E-state index < -0.39 is 11.9 Å². The predicted molar refractivity (Wildman–Crippen MR) is 89.9 cm³/mol. The highest BCUT2D eigenvalue weighted by Gasteiger charge is 2.07. The van der Waals surface area contributed by atoms with Crippen molar-refractivity contribution in [2.75, 3.05) is 53.2 Å². The van der Waals surface area contributed by atoms with Crippen LogP contribution < -0.4 is 0 Å². The standard InChI is InChI=1S/C17H32O8/c1-3-8-20-10-12-22-14-24-16(18)6-5-7-17(19)25-15-23-13-11-21-9-4-2/h3-15H2,1-2H3. The van der Waals surface area contributed by atoms with Crippen molar-refractivity contribution in [1.29, 1.82) is 0 Å². The van der Waals surface area contributed by atoms with Crippen LogP contribution in [0.1, 0.15) is 46.0 Å². The van der Waals surface area contributed by atoms with E-state index in [9.17, 15) is 9.59 Å². The van der Waals surface area contributed by atoms with E-state index in [1.807, 2.05) is 13.8 Å². The molecule has 8 nitrogen and oxygen atoms in total. The van der Waals surface area contributed by atoms with Crippen molar-refractivity contribution in [1.82, 2.24) is 0 Å². The maximum absolute atomic E-state index is 11.4. The summed E-state index contributed by atoms with van der Waals surface area (Å²) in [6, 6.07) is 0. The Balaban J connectivity index is 3.32. The van der Waals surface area contributed by atoms with Gasteiger partial charge < -0.3 is 28.4 Å². The van der Waals surface area contributed by atoms with E-state index in [1.54, 1.807) is 0 Å². The molecule has 0 rings (SSSR count). The first-order valence-corrected chi connectivity index (χ1v) is 8.82. The number of carbonyl (C=O) groups excluding carboxylic acids is 2. The number of ether oxygens (including phenoxy) is 6. The van der Waals surface area contributed by atoms with Crippen LogP contribution in [0.4, 0.5) is 0 Å². The van der Waals surface area contributed by atoms with Gasteiger partial charge >= 0.3 is 11.9 Å². The molecule has 0 heterocycles. The van der Waals surface area contributed by atoms with Crippen molar-refractivity contribution in [2.45, 2.75) is 46.0 Å². The normalized spacial score (nSPS) is 10.6. The molecule has 0 aliphatic carbocycles. The van der Waals surface area contributed by atoms with E-state index in [4.69, 9.17) is 28.4 Å². The second-order valence-corrected chi connectivity index (χ2v) is 5.16. The number of hydrogen-bond donors (Lipinski definition) is 0. The minimum atomic E-state index is -0.411. The molecular formula is C17H32O8. The molecule has 0 N–H and O–H groups in total. The second kappa shape index (κ2) is 19.1. The number of hydrogen-bond acceptors (Lipinski definition) is 8. The van der Waals surface area contributed by atoms with Gasteiger partial charge in [0.15, 0.2) is 13.6 Å². The van der Waals surface area contributed by atoms with Crippen LogP contribution >= 0.6 is 0 Å². The van der Waals surface area contributed by atoms with Crippen LogP contribution in [0.15, 0.2) is 0 Å². The summed E-state index contributed by atoms with van der Waals surface area (Å²) in [5, 5.41) is 0. The maximum atomic E-state index is 11.4. The SMILES string of the molecule is CCCOCCOCOC(=O)CCCC(=O)OCOCCOCCC. The number of rotatable bonds is 18. The summed E-state index contributed by atoms with van der Waals surface area (Å²) < 4.78 is 30.3. The zero-order valence-corrected chi connectivity index (χ0v) is 15.5. The molecule has 0 aliphatic heterocycles. The summed E-state index contributed by atoms with van der Waals surface area (Å²) in [5.41, 5.74) is 0. The highest BCUT2D eigenvalue weighted by Crippen LogP contribution is 2.00. The lowest BCUT2D eigenvalue weighted by atomic mass is 10.2. The van der Waals surface area contributed by atoms with Crippen LogP contribution in [0.25, 0.3) is 0 Å². The zero-order chi connectivity index (χ0) is 18.6. The molecule has 0 aromatic carbocycles. The van der Waals surface area contributed by atoms with Gasteiger partial charge in [-0.2, -0.15) is 0 Å². The second-order valence-electron chi connectivity index (χ2n) is 5.16. The van der Waals surface area contributed by atoms with Crippen molar-refractivity contribution in [3.05, 3.63) is 0 Å². The lowest BCUT2D eigenvalue weighted by Crippen LogP contribution is -2.13. The Morgan fingerprint density at radius 2 is 1.00 bits per heavy atom. The van der Waals surface area contributed by atoms with Crippen molar-refractivity contribution < 1.29 is 38.0 Å². The fourth-order valence-electron chi connectivity index (χ4n) is 1.58. The molecule has 0 atom stereocenters. The first-order valence-electron chi connectivity index (χ1n) is 8.82. The predicted octanol–water partition coefficient (Wildman–Crippen LogP) is 2.04. The molecule has 8 heteroatoms. The summed E-state index contributed by atoms with van der Waals surface area (Å²) in [4.78, 5) is 22.8. The topological polar surface area (TPSA) is 89.5 Å². The fourth-order valence-corrected chi connectivity index (χ4v) is 1.58. The first-order chi connectivity index (χ1) is 12.2. The minimum Gasteiger partial charge on any atom is -0.438 e. The summed E-state index contributed by atoms with van der Waals surface area (Å²) >= 11 is 0. The maximum Gasteiger partial charge on any atom is 0.307 e. The van der Waals surface area contributed by atoms with Crippen LogP contribution in [0.2, 0.25) is 0 Å². The molecule has 0 amide bonds. The third-order valence-electron chi connectivity index (χ3n) is 2.81. The molecule has 0 aliphatic rings. The summed E-state index contributed by atoms with van der Waals surface area (Å²) in [6.07, 6.45) is 2.54. The third kappa shape index (κ3) is 19.0. The monoisotopic (exact) mass is 364 g/mol. The molecule has 0 bridgehead atoms. The van der Waals surface area contributed by atoms with Crippen molar-refractivity contribution >= 4 is 11.9 Å². The smallest absolute Gasteiger partial charge is 0.307 e.